The van der Waals surface area contributed by atoms with Gasteiger partial charge in [0, 0.05) is 19.0 Å². The first kappa shape index (κ1) is 13.8. The summed E-state index contributed by atoms with van der Waals surface area (Å²) in [4.78, 5) is 13.7. The van der Waals surface area contributed by atoms with Gasteiger partial charge in [-0.15, -0.1) is 0 Å². The zero-order valence-electron chi connectivity index (χ0n) is 11.1. The van der Waals surface area contributed by atoms with Crippen LogP contribution >= 0.6 is 0 Å². The molecule has 0 saturated carbocycles. The lowest BCUT2D eigenvalue weighted by Gasteiger charge is -2.23. The van der Waals surface area contributed by atoms with Crippen LogP contribution < -0.4 is 0 Å². The van der Waals surface area contributed by atoms with Crippen LogP contribution in [0.25, 0.3) is 0 Å². The molecule has 1 aromatic rings. The van der Waals surface area contributed by atoms with Gasteiger partial charge in [-0.2, -0.15) is 0 Å². The summed E-state index contributed by atoms with van der Waals surface area (Å²) in [6, 6.07) is 10.7. The fraction of sp³-hybridized carbons (Fsp3) is 0.533. The van der Waals surface area contributed by atoms with E-state index in [4.69, 9.17) is 0 Å². The van der Waals surface area contributed by atoms with Gasteiger partial charge >= 0.3 is 0 Å². The summed E-state index contributed by atoms with van der Waals surface area (Å²) >= 11 is 0. The number of carbonyl (C=O) groups excluding carboxylic acids is 1. The van der Waals surface area contributed by atoms with E-state index in [9.17, 15) is 4.79 Å². The van der Waals surface area contributed by atoms with Gasteiger partial charge in [0.25, 0.3) is 0 Å². The van der Waals surface area contributed by atoms with Crippen molar-refractivity contribution in [1.29, 1.82) is 0 Å². The molecular weight excluding hydrogens is 210 g/mol. The highest BCUT2D eigenvalue weighted by molar-refractivity contribution is 5.78. The minimum atomic E-state index is 0.311. The molecule has 0 radical (unpaired) electrons. The summed E-state index contributed by atoms with van der Waals surface area (Å²) in [6.45, 7) is 6.93. The van der Waals surface area contributed by atoms with E-state index in [-0.39, 0.29) is 0 Å². The normalized spacial score (nSPS) is 18.9. The van der Waals surface area contributed by atoms with Crippen LogP contribution in [0.4, 0.5) is 0 Å². The minimum Gasteiger partial charge on any atom is -0.335 e. The first-order valence-corrected chi connectivity index (χ1v) is 6.64. The Kier molecular flexibility index (Phi) is 5.75. The van der Waals surface area contributed by atoms with Crippen molar-refractivity contribution in [3.05, 3.63) is 35.9 Å². The van der Waals surface area contributed by atoms with Crippen molar-refractivity contribution < 1.29 is 4.79 Å². The fourth-order valence-corrected chi connectivity index (χ4v) is 2.22. The monoisotopic (exact) mass is 233 g/mol. The molecule has 1 aliphatic rings. The zero-order valence-corrected chi connectivity index (χ0v) is 11.1. The highest BCUT2D eigenvalue weighted by atomic mass is 16.2. The second-order valence-electron chi connectivity index (χ2n) is 4.11. The SMILES string of the molecule is CC.CCC1CCC(=O)N1Cc1ccccc1. The summed E-state index contributed by atoms with van der Waals surface area (Å²) in [5, 5.41) is 0. The lowest BCUT2D eigenvalue weighted by Crippen LogP contribution is -2.31. The maximum absolute atomic E-state index is 11.7. The smallest absolute Gasteiger partial charge is 0.223 e. The van der Waals surface area contributed by atoms with Crippen LogP contribution in [0.2, 0.25) is 0 Å². The van der Waals surface area contributed by atoms with Crippen molar-refractivity contribution >= 4 is 5.91 Å². The standard InChI is InChI=1S/C13H17NO.C2H6/c1-2-12-8-9-13(15)14(12)10-11-6-4-3-5-7-11;1-2/h3-7,12H,2,8-10H2,1H3;1-2H3. The lowest BCUT2D eigenvalue weighted by atomic mass is 10.1. The van der Waals surface area contributed by atoms with Gasteiger partial charge in [0.2, 0.25) is 5.91 Å². The second-order valence-corrected chi connectivity index (χ2v) is 4.11. The predicted octanol–water partition coefficient (Wildman–Crippen LogP) is 3.61. The molecule has 1 fully saturated rings. The van der Waals surface area contributed by atoms with Crippen molar-refractivity contribution in [2.45, 2.75) is 52.6 Å². The molecule has 1 aromatic carbocycles. The van der Waals surface area contributed by atoms with Crippen LogP contribution in [0.15, 0.2) is 30.3 Å². The molecule has 2 nitrogen and oxygen atoms in total. The highest BCUT2D eigenvalue weighted by Gasteiger charge is 2.29. The number of likely N-dealkylation sites (tertiary alicyclic amines) is 1. The Morgan fingerprint density at radius 1 is 1.24 bits per heavy atom. The Hall–Kier alpha value is -1.31. The van der Waals surface area contributed by atoms with Crippen LogP contribution in [0.3, 0.4) is 0 Å². The van der Waals surface area contributed by atoms with Crippen LogP contribution in [-0.2, 0) is 11.3 Å². The molecular formula is C15H23NO. The Balaban J connectivity index is 0.000000686. The Morgan fingerprint density at radius 3 is 2.47 bits per heavy atom. The molecule has 0 spiro atoms. The number of carbonyl (C=O) groups is 1. The molecule has 0 aromatic heterocycles. The lowest BCUT2D eigenvalue weighted by molar-refractivity contribution is -0.129. The van der Waals surface area contributed by atoms with E-state index in [1.165, 1.54) is 5.56 Å². The third kappa shape index (κ3) is 3.58. The molecule has 1 aliphatic heterocycles. The predicted molar refractivity (Wildman–Crippen MR) is 71.7 cm³/mol. The Bertz CT molecular complexity index is 334. The van der Waals surface area contributed by atoms with Gasteiger partial charge in [0.15, 0.2) is 0 Å². The molecule has 1 heterocycles. The van der Waals surface area contributed by atoms with E-state index in [0.29, 0.717) is 11.9 Å². The van der Waals surface area contributed by atoms with Gasteiger partial charge in [-0.25, -0.2) is 0 Å². The first-order chi connectivity index (χ1) is 8.31. The topological polar surface area (TPSA) is 20.3 Å². The average molecular weight is 233 g/mol. The van der Waals surface area contributed by atoms with E-state index in [2.05, 4.69) is 19.1 Å². The van der Waals surface area contributed by atoms with E-state index in [1.54, 1.807) is 0 Å². The maximum atomic E-state index is 11.7. The summed E-state index contributed by atoms with van der Waals surface area (Å²) in [5.74, 6) is 0.311. The number of hydrogen-bond donors (Lipinski definition) is 0. The quantitative estimate of drug-likeness (QED) is 0.781. The van der Waals surface area contributed by atoms with E-state index in [0.717, 1.165) is 25.8 Å². The molecule has 1 saturated heterocycles. The van der Waals surface area contributed by atoms with Crippen molar-refractivity contribution in [2.75, 3.05) is 0 Å². The molecule has 0 aliphatic carbocycles. The molecule has 0 bridgehead atoms. The number of hydrogen-bond acceptors (Lipinski definition) is 1. The highest BCUT2D eigenvalue weighted by Crippen LogP contribution is 2.23. The van der Waals surface area contributed by atoms with Gasteiger partial charge in [-0.1, -0.05) is 51.1 Å². The average Bonchev–Trinajstić information content (AvgIpc) is 2.74. The minimum absolute atomic E-state index is 0.311. The van der Waals surface area contributed by atoms with E-state index >= 15 is 0 Å². The first-order valence-electron chi connectivity index (χ1n) is 6.64. The largest absolute Gasteiger partial charge is 0.335 e. The van der Waals surface area contributed by atoms with Crippen LogP contribution in [0.1, 0.15) is 45.6 Å². The Morgan fingerprint density at radius 2 is 1.88 bits per heavy atom. The van der Waals surface area contributed by atoms with Crippen LogP contribution in [0, 0.1) is 0 Å². The number of benzene rings is 1. The molecule has 1 atom stereocenters. The van der Waals surface area contributed by atoms with Crippen LogP contribution in [0.5, 0.6) is 0 Å². The zero-order chi connectivity index (χ0) is 12.7. The fourth-order valence-electron chi connectivity index (χ4n) is 2.22. The third-order valence-electron chi connectivity index (χ3n) is 3.12. The summed E-state index contributed by atoms with van der Waals surface area (Å²) in [7, 11) is 0. The summed E-state index contributed by atoms with van der Waals surface area (Å²) < 4.78 is 0. The molecule has 0 N–H and O–H groups in total. The summed E-state index contributed by atoms with van der Waals surface area (Å²) in [5.41, 5.74) is 1.23. The van der Waals surface area contributed by atoms with Gasteiger partial charge in [-0.3, -0.25) is 4.79 Å². The van der Waals surface area contributed by atoms with Crippen LogP contribution in [-0.4, -0.2) is 16.8 Å². The van der Waals surface area contributed by atoms with Gasteiger partial charge in [0.1, 0.15) is 0 Å². The molecule has 2 heteroatoms. The van der Waals surface area contributed by atoms with E-state index < -0.39 is 0 Å². The molecule has 2 rings (SSSR count). The number of rotatable bonds is 3. The Labute approximate surface area is 105 Å². The number of amides is 1. The molecule has 1 amide bonds. The second kappa shape index (κ2) is 7.10. The molecule has 1 unspecified atom stereocenters. The van der Waals surface area contributed by atoms with Gasteiger partial charge in [-0.05, 0) is 18.4 Å². The third-order valence-corrected chi connectivity index (χ3v) is 3.12. The molecule has 94 valence electrons. The van der Waals surface area contributed by atoms with Crippen molar-refractivity contribution in [3.8, 4) is 0 Å². The van der Waals surface area contributed by atoms with Gasteiger partial charge < -0.3 is 4.90 Å². The van der Waals surface area contributed by atoms with Gasteiger partial charge in [0.05, 0.1) is 0 Å². The van der Waals surface area contributed by atoms with E-state index in [1.807, 2.05) is 36.9 Å². The number of nitrogens with zero attached hydrogens (tertiary/aromatic N) is 1. The summed E-state index contributed by atoms with van der Waals surface area (Å²) in [6.07, 6.45) is 2.83. The van der Waals surface area contributed by atoms with Crippen molar-refractivity contribution in [1.82, 2.24) is 4.90 Å². The van der Waals surface area contributed by atoms with Crippen molar-refractivity contribution in [2.24, 2.45) is 0 Å². The maximum Gasteiger partial charge on any atom is 0.223 e. The van der Waals surface area contributed by atoms with Crippen molar-refractivity contribution in [3.63, 3.8) is 0 Å². The molecule has 17 heavy (non-hydrogen) atoms.